The number of hydrogen-bond donors (Lipinski definition) is 2. The summed E-state index contributed by atoms with van der Waals surface area (Å²) in [4.78, 5) is 11.5. The van der Waals surface area contributed by atoms with E-state index in [2.05, 4.69) is 5.32 Å². The van der Waals surface area contributed by atoms with Crippen molar-refractivity contribution in [1.29, 1.82) is 0 Å². The summed E-state index contributed by atoms with van der Waals surface area (Å²) in [6.45, 7) is 4.42. The molecule has 100 valence electrons. The summed E-state index contributed by atoms with van der Waals surface area (Å²) in [6, 6.07) is 4.37. The molecule has 0 saturated heterocycles. The lowest BCUT2D eigenvalue weighted by Gasteiger charge is -2.14. The molecule has 0 saturated carbocycles. The molecule has 18 heavy (non-hydrogen) atoms. The first-order valence-corrected chi connectivity index (χ1v) is 6.00. The number of nitrogens with two attached hydrogens (primary N) is 1. The second kappa shape index (κ2) is 6.96. The van der Waals surface area contributed by atoms with Gasteiger partial charge in [0.2, 0.25) is 0 Å². The van der Waals surface area contributed by atoms with Crippen LogP contribution < -0.4 is 15.8 Å². The molecule has 0 aliphatic heterocycles. The Bertz CT molecular complexity index is 410. The van der Waals surface area contributed by atoms with Gasteiger partial charge in [0.25, 0.3) is 5.91 Å². The quantitative estimate of drug-likeness (QED) is 0.802. The monoisotopic (exact) mass is 254 g/mol. The molecular formula is C13H19FN2O2. The number of carbonyl (C=O) groups is 1. The van der Waals surface area contributed by atoms with E-state index < -0.39 is 6.10 Å². The average molecular weight is 254 g/mol. The highest BCUT2D eigenvalue weighted by molar-refractivity contribution is 5.80. The van der Waals surface area contributed by atoms with Gasteiger partial charge in [0.1, 0.15) is 11.6 Å². The SMILES string of the molecule is CCNC(=O)C(C)Oc1cc(F)cc(CCN)c1. The number of amides is 1. The predicted octanol–water partition coefficient (Wildman–Crippen LogP) is 1.23. The van der Waals surface area contributed by atoms with Crippen molar-refractivity contribution in [2.75, 3.05) is 13.1 Å². The van der Waals surface area contributed by atoms with E-state index in [0.717, 1.165) is 5.56 Å². The van der Waals surface area contributed by atoms with Gasteiger partial charge >= 0.3 is 0 Å². The third-order valence-electron chi connectivity index (χ3n) is 2.40. The van der Waals surface area contributed by atoms with Crippen LogP contribution in [0.5, 0.6) is 5.75 Å². The zero-order valence-electron chi connectivity index (χ0n) is 10.7. The number of rotatable bonds is 6. The lowest BCUT2D eigenvalue weighted by atomic mass is 10.1. The second-order valence-electron chi connectivity index (χ2n) is 3.99. The van der Waals surface area contributed by atoms with Crippen LogP contribution in [0.25, 0.3) is 0 Å². The molecule has 3 N–H and O–H groups in total. The molecule has 1 atom stereocenters. The zero-order valence-corrected chi connectivity index (χ0v) is 10.7. The molecule has 0 heterocycles. The molecule has 5 heteroatoms. The van der Waals surface area contributed by atoms with E-state index in [1.54, 1.807) is 13.0 Å². The molecule has 0 aliphatic rings. The standard InChI is InChI=1S/C13H19FN2O2/c1-3-16-13(17)9(2)18-12-7-10(4-5-15)6-11(14)8-12/h6-9H,3-5,15H2,1-2H3,(H,16,17). The Morgan fingerprint density at radius 1 is 1.50 bits per heavy atom. The van der Waals surface area contributed by atoms with Crippen LogP contribution in [0.15, 0.2) is 18.2 Å². The summed E-state index contributed by atoms with van der Waals surface area (Å²) in [6.07, 6.45) is -0.0820. The first kappa shape index (κ1) is 14.4. The summed E-state index contributed by atoms with van der Waals surface area (Å²) in [5.41, 5.74) is 6.18. The number of benzene rings is 1. The van der Waals surface area contributed by atoms with Gasteiger partial charge in [0.15, 0.2) is 6.10 Å². The van der Waals surface area contributed by atoms with Crippen molar-refractivity contribution in [2.24, 2.45) is 5.73 Å². The van der Waals surface area contributed by atoms with E-state index >= 15 is 0 Å². The number of carbonyl (C=O) groups excluding carboxylic acids is 1. The number of nitrogens with one attached hydrogen (secondary N) is 1. The molecule has 0 spiro atoms. The Hall–Kier alpha value is -1.62. The summed E-state index contributed by atoms with van der Waals surface area (Å²) in [5, 5.41) is 2.64. The van der Waals surface area contributed by atoms with Gasteiger partial charge in [-0.3, -0.25) is 4.79 Å². The molecule has 0 fully saturated rings. The third-order valence-corrected chi connectivity index (χ3v) is 2.40. The van der Waals surface area contributed by atoms with E-state index in [1.165, 1.54) is 12.1 Å². The minimum Gasteiger partial charge on any atom is -0.481 e. The molecule has 1 rings (SSSR count). The van der Waals surface area contributed by atoms with Gasteiger partial charge in [-0.1, -0.05) is 0 Å². The normalized spacial score (nSPS) is 12.0. The lowest BCUT2D eigenvalue weighted by Crippen LogP contribution is -2.36. The largest absolute Gasteiger partial charge is 0.481 e. The molecule has 0 aliphatic carbocycles. The van der Waals surface area contributed by atoms with Gasteiger partial charge in [0.05, 0.1) is 0 Å². The van der Waals surface area contributed by atoms with E-state index in [4.69, 9.17) is 10.5 Å². The maximum atomic E-state index is 13.3. The maximum absolute atomic E-state index is 13.3. The van der Waals surface area contributed by atoms with E-state index in [0.29, 0.717) is 25.3 Å². The van der Waals surface area contributed by atoms with Crippen molar-refractivity contribution in [3.63, 3.8) is 0 Å². The summed E-state index contributed by atoms with van der Waals surface area (Å²) in [5.74, 6) is -0.265. The molecule has 4 nitrogen and oxygen atoms in total. The molecule has 1 unspecified atom stereocenters. The molecule has 0 bridgehead atoms. The van der Waals surface area contributed by atoms with Crippen LogP contribution in [0.1, 0.15) is 19.4 Å². The molecule has 1 amide bonds. The number of halogens is 1. The van der Waals surface area contributed by atoms with Crippen molar-refractivity contribution in [2.45, 2.75) is 26.4 Å². The fourth-order valence-corrected chi connectivity index (χ4v) is 1.58. The van der Waals surface area contributed by atoms with E-state index in [-0.39, 0.29) is 11.7 Å². The van der Waals surface area contributed by atoms with Gasteiger partial charge in [-0.15, -0.1) is 0 Å². The van der Waals surface area contributed by atoms with Crippen molar-refractivity contribution in [3.8, 4) is 5.75 Å². The Morgan fingerprint density at radius 2 is 2.22 bits per heavy atom. The van der Waals surface area contributed by atoms with Gasteiger partial charge < -0.3 is 15.8 Å². The van der Waals surface area contributed by atoms with Crippen molar-refractivity contribution < 1.29 is 13.9 Å². The second-order valence-corrected chi connectivity index (χ2v) is 3.99. The summed E-state index contributed by atoms with van der Waals surface area (Å²) >= 11 is 0. The highest BCUT2D eigenvalue weighted by Crippen LogP contribution is 2.18. The Morgan fingerprint density at radius 3 is 2.83 bits per heavy atom. The van der Waals surface area contributed by atoms with Crippen LogP contribution in [0.2, 0.25) is 0 Å². The Kier molecular flexibility index (Phi) is 5.58. The highest BCUT2D eigenvalue weighted by atomic mass is 19.1. The van der Waals surface area contributed by atoms with Crippen LogP contribution in [-0.2, 0) is 11.2 Å². The van der Waals surface area contributed by atoms with Gasteiger partial charge in [-0.05, 0) is 44.5 Å². The number of hydrogen-bond acceptors (Lipinski definition) is 3. The lowest BCUT2D eigenvalue weighted by molar-refractivity contribution is -0.127. The average Bonchev–Trinajstić information content (AvgIpc) is 2.28. The molecule has 0 aromatic heterocycles. The zero-order chi connectivity index (χ0) is 13.5. The van der Waals surface area contributed by atoms with Crippen LogP contribution >= 0.6 is 0 Å². The van der Waals surface area contributed by atoms with Crippen molar-refractivity contribution in [1.82, 2.24) is 5.32 Å². The molecular weight excluding hydrogens is 235 g/mol. The Balaban J connectivity index is 2.74. The number of ether oxygens (including phenoxy) is 1. The van der Waals surface area contributed by atoms with Crippen molar-refractivity contribution in [3.05, 3.63) is 29.6 Å². The van der Waals surface area contributed by atoms with Gasteiger partial charge in [0, 0.05) is 12.6 Å². The highest BCUT2D eigenvalue weighted by Gasteiger charge is 2.14. The van der Waals surface area contributed by atoms with E-state index in [9.17, 15) is 9.18 Å². The van der Waals surface area contributed by atoms with Crippen LogP contribution in [0.3, 0.4) is 0 Å². The van der Waals surface area contributed by atoms with Crippen molar-refractivity contribution >= 4 is 5.91 Å². The van der Waals surface area contributed by atoms with E-state index in [1.807, 2.05) is 6.92 Å². The van der Waals surface area contributed by atoms with Crippen LogP contribution in [0, 0.1) is 5.82 Å². The maximum Gasteiger partial charge on any atom is 0.260 e. The fourth-order valence-electron chi connectivity index (χ4n) is 1.58. The van der Waals surface area contributed by atoms with Crippen LogP contribution in [0.4, 0.5) is 4.39 Å². The Labute approximate surface area is 106 Å². The third kappa shape index (κ3) is 4.33. The predicted molar refractivity (Wildman–Crippen MR) is 67.9 cm³/mol. The smallest absolute Gasteiger partial charge is 0.260 e. The minimum atomic E-state index is -0.655. The molecule has 0 radical (unpaired) electrons. The summed E-state index contributed by atoms with van der Waals surface area (Å²) < 4.78 is 18.7. The van der Waals surface area contributed by atoms with Gasteiger partial charge in [-0.2, -0.15) is 0 Å². The molecule has 1 aromatic carbocycles. The summed E-state index contributed by atoms with van der Waals surface area (Å²) in [7, 11) is 0. The number of likely N-dealkylation sites (N-methyl/N-ethyl adjacent to an activating group) is 1. The van der Waals surface area contributed by atoms with Gasteiger partial charge in [-0.25, -0.2) is 4.39 Å². The fraction of sp³-hybridized carbons (Fsp3) is 0.462. The van der Waals surface area contributed by atoms with Crippen LogP contribution in [-0.4, -0.2) is 25.1 Å². The first-order valence-electron chi connectivity index (χ1n) is 6.00. The minimum absolute atomic E-state index is 0.220. The topological polar surface area (TPSA) is 64.3 Å². The molecule has 1 aromatic rings. The first-order chi connectivity index (χ1) is 8.56.